The Balaban J connectivity index is 1.66. The largest absolute Gasteiger partial charge is 0.508 e. The van der Waals surface area contributed by atoms with E-state index in [1.54, 1.807) is 12.1 Å². The first kappa shape index (κ1) is 16.5. The second-order valence-corrected chi connectivity index (χ2v) is 6.85. The van der Waals surface area contributed by atoms with E-state index in [1.165, 1.54) is 5.56 Å². The Kier molecular flexibility index (Phi) is 4.58. The zero-order valence-electron chi connectivity index (χ0n) is 14.2. The van der Waals surface area contributed by atoms with Crippen molar-refractivity contribution in [2.45, 2.75) is 38.4 Å². The summed E-state index contributed by atoms with van der Waals surface area (Å²) in [5.74, 6) is 0.420. The van der Waals surface area contributed by atoms with E-state index in [0.717, 1.165) is 12.0 Å². The normalized spacial score (nSPS) is 19.7. The van der Waals surface area contributed by atoms with E-state index in [4.69, 9.17) is 0 Å². The van der Waals surface area contributed by atoms with Crippen molar-refractivity contribution in [2.24, 2.45) is 0 Å². The molecule has 126 valence electrons. The molecule has 0 saturated carbocycles. The quantitative estimate of drug-likeness (QED) is 0.889. The third kappa shape index (κ3) is 3.60. The van der Waals surface area contributed by atoms with E-state index in [1.807, 2.05) is 49.1 Å². The number of hydrogen-bond donors (Lipinski definition) is 2. The summed E-state index contributed by atoms with van der Waals surface area (Å²) in [5.41, 5.74) is 1.93. The van der Waals surface area contributed by atoms with Gasteiger partial charge in [-0.25, -0.2) is 0 Å². The van der Waals surface area contributed by atoms with Gasteiger partial charge in [-0.2, -0.15) is 0 Å². The molecule has 3 rings (SSSR count). The summed E-state index contributed by atoms with van der Waals surface area (Å²) in [4.78, 5) is 14.7. The van der Waals surface area contributed by atoms with Crippen LogP contribution in [0.1, 0.15) is 25.0 Å². The molecular formula is C20H24N2O2. The molecule has 1 amide bonds. The number of nitrogens with zero attached hydrogens (tertiary/aromatic N) is 1. The molecule has 2 aromatic carbocycles. The van der Waals surface area contributed by atoms with Crippen molar-refractivity contribution < 1.29 is 9.90 Å². The van der Waals surface area contributed by atoms with Crippen LogP contribution in [0.25, 0.3) is 0 Å². The van der Waals surface area contributed by atoms with E-state index in [0.29, 0.717) is 13.0 Å². The highest BCUT2D eigenvalue weighted by Crippen LogP contribution is 2.24. The molecule has 0 radical (unpaired) electrons. The minimum absolute atomic E-state index is 0.155. The van der Waals surface area contributed by atoms with Gasteiger partial charge in [0.2, 0.25) is 5.91 Å². The van der Waals surface area contributed by atoms with E-state index in [2.05, 4.69) is 17.4 Å². The van der Waals surface area contributed by atoms with E-state index in [9.17, 15) is 9.90 Å². The van der Waals surface area contributed by atoms with Crippen LogP contribution < -0.4 is 5.32 Å². The van der Waals surface area contributed by atoms with Gasteiger partial charge in [0.1, 0.15) is 5.75 Å². The first-order valence-corrected chi connectivity index (χ1v) is 8.37. The number of rotatable bonds is 5. The van der Waals surface area contributed by atoms with Crippen LogP contribution in [0.4, 0.5) is 0 Å². The predicted molar refractivity (Wildman–Crippen MR) is 94.7 cm³/mol. The summed E-state index contributed by atoms with van der Waals surface area (Å²) in [6.07, 6.45) is 1.48. The molecule has 1 heterocycles. The lowest BCUT2D eigenvalue weighted by Gasteiger charge is -2.31. The Morgan fingerprint density at radius 2 is 1.71 bits per heavy atom. The lowest BCUT2D eigenvalue weighted by Crippen LogP contribution is -2.48. The maximum absolute atomic E-state index is 12.8. The minimum Gasteiger partial charge on any atom is -0.508 e. The van der Waals surface area contributed by atoms with Crippen LogP contribution in [-0.4, -0.2) is 34.2 Å². The number of carbonyl (C=O) groups is 1. The van der Waals surface area contributed by atoms with Crippen LogP contribution in [0, 0.1) is 0 Å². The van der Waals surface area contributed by atoms with Gasteiger partial charge in [-0.15, -0.1) is 0 Å². The van der Waals surface area contributed by atoms with Gasteiger partial charge in [0.05, 0.1) is 11.7 Å². The van der Waals surface area contributed by atoms with Crippen molar-refractivity contribution in [1.82, 2.24) is 10.2 Å². The molecule has 24 heavy (non-hydrogen) atoms. The molecule has 1 fully saturated rings. The molecule has 0 aromatic heterocycles. The molecule has 4 heteroatoms. The van der Waals surface area contributed by atoms with Crippen molar-refractivity contribution in [2.75, 3.05) is 6.54 Å². The second-order valence-electron chi connectivity index (χ2n) is 6.85. The fourth-order valence-electron chi connectivity index (χ4n) is 3.31. The summed E-state index contributed by atoms with van der Waals surface area (Å²) in [6.45, 7) is 4.76. The van der Waals surface area contributed by atoms with Gasteiger partial charge in [0, 0.05) is 6.54 Å². The van der Waals surface area contributed by atoms with Crippen LogP contribution >= 0.6 is 0 Å². The Hall–Kier alpha value is -2.33. The average Bonchev–Trinajstić information content (AvgIpc) is 2.77. The summed E-state index contributed by atoms with van der Waals surface area (Å²) < 4.78 is 0. The number of nitrogens with one attached hydrogen (secondary N) is 1. The monoisotopic (exact) mass is 324 g/mol. The Bertz CT molecular complexity index is 695. The third-order valence-electron chi connectivity index (χ3n) is 4.61. The predicted octanol–water partition coefficient (Wildman–Crippen LogP) is 2.71. The highest BCUT2D eigenvalue weighted by atomic mass is 16.3. The van der Waals surface area contributed by atoms with Crippen LogP contribution in [-0.2, 0) is 17.6 Å². The van der Waals surface area contributed by atoms with E-state index < -0.39 is 0 Å². The molecular weight excluding hydrogens is 300 g/mol. The molecule has 0 spiro atoms. The maximum Gasteiger partial charge on any atom is 0.241 e. The number of amides is 1. The van der Waals surface area contributed by atoms with Crippen molar-refractivity contribution >= 4 is 5.91 Å². The zero-order chi connectivity index (χ0) is 17.2. The molecule has 2 N–H and O–H groups in total. The SMILES string of the molecule is CC1(C)N[C@@H](Cc2ccccc2)C(=O)N1CCc1ccc(O)cc1. The number of phenolic OH excluding ortho intramolecular Hbond substituents is 1. The Morgan fingerprint density at radius 3 is 2.38 bits per heavy atom. The molecule has 1 atom stereocenters. The summed E-state index contributed by atoms with van der Waals surface area (Å²) >= 11 is 0. The fraction of sp³-hybridized carbons (Fsp3) is 0.350. The van der Waals surface area contributed by atoms with Gasteiger partial charge >= 0.3 is 0 Å². The summed E-state index contributed by atoms with van der Waals surface area (Å²) in [5, 5.41) is 12.8. The minimum atomic E-state index is -0.354. The van der Waals surface area contributed by atoms with Crippen LogP contribution in [0.15, 0.2) is 54.6 Å². The first-order chi connectivity index (χ1) is 11.5. The van der Waals surface area contributed by atoms with Gasteiger partial charge in [-0.3, -0.25) is 10.1 Å². The van der Waals surface area contributed by atoms with Gasteiger partial charge in [0.15, 0.2) is 0 Å². The zero-order valence-corrected chi connectivity index (χ0v) is 14.2. The smallest absolute Gasteiger partial charge is 0.241 e. The molecule has 0 bridgehead atoms. The summed E-state index contributed by atoms with van der Waals surface area (Å²) in [7, 11) is 0. The third-order valence-corrected chi connectivity index (χ3v) is 4.61. The number of benzene rings is 2. The van der Waals surface area contributed by atoms with Gasteiger partial charge < -0.3 is 10.0 Å². The van der Waals surface area contributed by atoms with Gasteiger partial charge in [-0.1, -0.05) is 42.5 Å². The molecule has 1 aliphatic rings. The highest BCUT2D eigenvalue weighted by molar-refractivity contribution is 5.85. The molecule has 0 unspecified atom stereocenters. The number of phenols is 1. The number of carbonyl (C=O) groups excluding carboxylic acids is 1. The number of aromatic hydroxyl groups is 1. The van der Waals surface area contributed by atoms with E-state index in [-0.39, 0.29) is 23.4 Å². The average molecular weight is 324 g/mol. The van der Waals surface area contributed by atoms with Crippen molar-refractivity contribution in [1.29, 1.82) is 0 Å². The first-order valence-electron chi connectivity index (χ1n) is 8.37. The van der Waals surface area contributed by atoms with Crippen LogP contribution in [0.3, 0.4) is 0 Å². The topological polar surface area (TPSA) is 52.6 Å². The molecule has 1 aliphatic heterocycles. The lowest BCUT2D eigenvalue weighted by atomic mass is 10.1. The summed E-state index contributed by atoms with van der Waals surface area (Å²) in [6, 6.07) is 17.1. The van der Waals surface area contributed by atoms with Crippen LogP contribution in [0.5, 0.6) is 5.75 Å². The molecule has 1 saturated heterocycles. The molecule has 0 aliphatic carbocycles. The van der Waals surface area contributed by atoms with Crippen molar-refractivity contribution in [3.8, 4) is 5.75 Å². The van der Waals surface area contributed by atoms with E-state index >= 15 is 0 Å². The molecule has 2 aromatic rings. The van der Waals surface area contributed by atoms with Gasteiger partial charge in [-0.05, 0) is 49.9 Å². The Labute approximate surface area is 143 Å². The van der Waals surface area contributed by atoms with Crippen molar-refractivity contribution in [3.05, 3.63) is 65.7 Å². The van der Waals surface area contributed by atoms with Gasteiger partial charge in [0.25, 0.3) is 0 Å². The maximum atomic E-state index is 12.8. The lowest BCUT2D eigenvalue weighted by molar-refractivity contribution is -0.131. The second kappa shape index (κ2) is 6.65. The number of hydrogen-bond acceptors (Lipinski definition) is 3. The Morgan fingerprint density at radius 1 is 1.04 bits per heavy atom. The van der Waals surface area contributed by atoms with Crippen molar-refractivity contribution in [3.63, 3.8) is 0 Å². The highest BCUT2D eigenvalue weighted by Gasteiger charge is 2.43. The molecule has 4 nitrogen and oxygen atoms in total. The standard InChI is InChI=1S/C20H24N2O2/c1-20(2)21-18(14-16-6-4-3-5-7-16)19(24)22(20)13-12-15-8-10-17(23)11-9-15/h3-11,18,21,23H,12-14H2,1-2H3/t18-/m0/s1. The van der Waals surface area contributed by atoms with Crippen LogP contribution in [0.2, 0.25) is 0 Å². The fourth-order valence-corrected chi connectivity index (χ4v) is 3.31.